The van der Waals surface area contributed by atoms with E-state index >= 15 is 0 Å². The fourth-order valence-electron chi connectivity index (χ4n) is 5.55. The molecule has 2 bridgehead atoms. The van der Waals surface area contributed by atoms with Crippen LogP contribution >= 0.6 is 0 Å². The molecular formula is C19H27N5O3. The van der Waals surface area contributed by atoms with Crippen LogP contribution in [0.2, 0.25) is 0 Å². The minimum atomic E-state index is -0.600. The van der Waals surface area contributed by atoms with Crippen LogP contribution in [0.25, 0.3) is 11.2 Å². The van der Waals surface area contributed by atoms with Gasteiger partial charge in [0.05, 0.1) is 25.1 Å². The molecule has 0 amide bonds. The number of nitrogens with zero attached hydrogens (tertiary/aromatic N) is 5. The summed E-state index contributed by atoms with van der Waals surface area (Å²) < 4.78 is 2.06. The van der Waals surface area contributed by atoms with Crippen LogP contribution in [0, 0.1) is 5.41 Å². The maximum Gasteiger partial charge on any atom is 0.165 e. The number of aliphatic hydroxyl groups is 3. The second-order valence-corrected chi connectivity index (χ2v) is 9.10. The number of aromatic nitrogens is 4. The fraction of sp³-hybridized carbons (Fsp3) is 0.737. The molecule has 2 aromatic rings. The van der Waals surface area contributed by atoms with Crippen LogP contribution in [0.5, 0.6) is 0 Å². The van der Waals surface area contributed by atoms with E-state index in [1.807, 2.05) is 13.3 Å². The number of aliphatic hydroxyl groups excluding tert-OH is 2. The van der Waals surface area contributed by atoms with Gasteiger partial charge in [0.1, 0.15) is 6.33 Å². The van der Waals surface area contributed by atoms with Crippen LogP contribution in [0.1, 0.15) is 51.5 Å². The largest absolute Gasteiger partial charge is 0.396 e. The molecular weight excluding hydrogens is 346 g/mol. The summed E-state index contributed by atoms with van der Waals surface area (Å²) in [5, 5.41) is 29.6. The van der Waals surface area contributed by atoms with Crippen LogP contribution in [-0.2, 0) is 0 Å². The average molecular weight is 373 g/mol. The number of piperidine rings is 1. The van der Waals surface area contributed by atoms with Gasteiger partial charge in [-0.3, -0.25) is 0 Å². The minimum absolute atomic E-state index is 0.00390. The molecule has 146 valence electrons. The van der Waals surface area contributed by atoms with Crippen LogP contribution in [-0.4, -0.2) is 65.7 Å². The standard InChI is InChI=1S/C19H27N5O3/c1-18(27)4-12-2-3-13(5-18)24(12)17-15-16(20-10-21-17)23(11-22-15)14-6-19(7-14,8-25)9-26/h10-14,25-27H,2-9H2,1H3. The van der Waals surface area contributed by atoms with E-state index in [-0.39, 0.29) is 24.7 Å². The van der Waals surface area contributed by atoms with E-state index in [0.29, 0.717) is 12.1 Å². The van der Waals surface area contributed by atoms with Gasteiger partial charge in [0.25, 0.3) is 0 Å². The highest BCUT2D eigenvalue weighted by Gasteiger charge is 2.47. The summed E-state index contributed by atoms with van der Waals surface area (Å²) in [4.78, 5) is 16.1. The van der Waals surface area contributed by atoms with E-state index in [1.165, 1.54) is 0 Å². The lowest BCUT2D eigenvalue weighted by atomic mass is 9.66. The first-order chi connectivity index (χ1) is 13.0. The Morgan fingerprint density at radius 3 is 2.30 bits per heavy atom. The smallest absolute Gasteiger partial charge is 0.165 e. The molecule has 0 aromatic carbocycles. The normalized spacial score (nSPS) is 32.8. The molecule has 0 radical (unpaired) electrons. The van der Waals surface area contributed by atoms with Gasteiger partial charge in [0.15, 0.2) is 17.0 Å². The summed E-state index contributed by atoms with van der Waals surface area (Å²) >= 11 is 0. The number of imidazole rings is 1. The van der Waals surface area contributed by atoms with Crippen molar-refractivity contribution >= 4 is 17.0 Å². The zero-order valence-electron chi connectivity index (χ0n) is 15.6. The molecule has 27 heavy (non-hydrogen) atoms. The maximum absolute atomic E-state index is 10.5. The van der Waals surface area contributed by atoms with Crippen molar-refractivity contribution in [1.29, 1.82) is 0 Å². The quantitative estimate of drug-likeness (QED) is 0.734. The van der Waals surface area contributed by atoms with Gasteiger partial charge in [-0.1, -0.05) is 0 Å². The second kappa shape index (κ2) is 5.86. The molecule has 2 saturated heterocycles. The second-order valence-electron chi connectivity index (χ2n) is 9.10. The number of hydrogen-bond acceptors (Lipinski definition) is 7. The van der Waals surface area contributed by atoms with E-state index in [0.717, 1.165) is 55.5 Å². The molecule has 5 rings (SSSR count). The van der Waals surface area contributed by atoms with Gasteiger partial charge in [-0.05, 0) is 45.4 Å². The van der Waals surface area contributed by atoms with E-state index < -0.39 is 5.60 Å². The first-order valence-corrected chi connectivity index (χ1v) is 9.85. The van der Waals surface area contributed by atoms with Crippen LogP contribution < -0.4 is 4.90 Å². The Bertz CT molecular complexity index is 838. The van der Waals surface area contributed by atoms with Crippen molar-refractivity contribution in [2.45, 2.75) is 69.2 Å². The molecule has 4 heterocycles. The summed E-state index contributed by atoms with van der Waals surface area (Å²) in [5.41, 5.74) is 0.638. The minimum Gasteiger partial charge on any atom is -0.396 e. The lowest BCUT2D eigenvalue weighted by Gasteiger charge is -2.45. The van der Waals surface area contributed by atoms with Gasteiger partial charge in [-0.2, -0.15) is 0 Å². The molecule has 2 aromatic heterocycles. The molecule has 8 heteroatoms. The summed E-state index contributed by atoms with van der Waals surface area (Å²) in [7, 11) is 0. The molecule has 1 saturated carbocycles. The third kappa shape index (κ3) is 2.57. The van der Waals surface area contributed by atoms with E-state index in [9.17, 15) is 15.3 Å². The number of anilines is 1. The van der Waals surface area contributed by atoms with Crippen molar-refractivity contribution in [2.24, 2.45) is 5.41 Å². The van der Waals surface area contributed by atoms with Crippen molar-refractivity contribution in [3.8, 4) is 0 Å². The van der Waals surface area contributed by atoms with Crippen LogP contribution in [0.3, 0.4) is 0 Å². The Morgan fingerprint density at radius 2 is 1.67 bits per heavy atom. The summed E-state index contributed by atoms with van der Waals surface area (Å²) in [5.74, 6) is 0.872. The third-order valence-corrected chi connectivity index (χ3v) is 6.96. The Kier molecular flexibility index (Phi) is 3.76. The monoisotopic (exact) mass is 373 g/mol. The number of fused-ring (bicyclic) bond motifs is 3. The zero-order chi connectivity index (χ0) is 18.8. The zero-order valence-corrected chi connectivity index (χ0v) is 15.6. The molecule has 1 aliphatic carbocycles. The predicted octanol–water partition coefficient (Wildman–Crippen LogP) is 1.01. The van der Waals surface area contributed by atoms with Gasteiger partial charge in [0, 0.05) is 23.5 Å². The maximum atomic E-state index is 10.5. The Morgan fingerprint density at radius 1 is 1.00 bits per heavy atom. The van der Waals surface area contributed by atoms with Crippen molar-refractivity contribution in [3.05, 3.63) is 12.7 Å². The van der Waals surface area contributed by atoms with Gasteiger partial charge in [0.2, 0.25) is 0 Å². The van der Waals surface area contributed by atoms with Gasteiger partial charge < -0.3 is 24.8 Å². The average Bonchev–Trinajstić information content (AvgIpc) is 3.15. The van der Waals surface area contributed by atoms with E-state index in [2.05, 4.69) is 24.4 Å². The molecule has 2 atom stereocenters. The SMILES string of the molecule is CC1(O)CC2CCC(C1)N2c1ncnc2c1ncn2C1CC(CO)(CO)C1. The van der Waals surface area contributed by atoms with Crippen molar-refractivity contribution in [2.75, 3.05) is 18.1 Å². The lowest BCUT2D eigenvalue weighted by Crippen LogP contribution is -2.50. The highest BCUT2D eigenvalue weighted by atomic mass is 16.3. The van der Waals surface area contributed by atoms with Gasteiger partial charge >= 0.3 is 0 Å². The first-order valence-electron chi connectivity index (χ1n) is 9.85. The fourth-order valence-corrected chi connectivity index (χ4v) is 5.55. The molecule has 3 N–H and O–H groups in total. The number of rotatable bonds is 4. The summed E-state index contributed by atoms with van der Waals surface area (Å²) in [6.45, 7) is 1.94. The van der Waals surface area contributed by atoms with Gasteiger partial charge in [-0.25, -0.2) is 15.0 Å². The van der Waals surface area contributed by atoms with Crippen LogP contribution in [0.4, 0.5) is 5.82 Å². The van der Waals surface area contributed by atoms with Crippen LogP contribution in [0.15, 0.2) is 12.7 Å². The predicted molar refractivity (Wildman–Crippen MR) is 99.3 cm³/mol. The van der Waals surface area contributed by atoms with E-state index in [4.69, 9.17) is 0 Å². The molecule has 2 unspecified atom stereocenters. The topological polar surface area (TPSA) is 108 Å². The molecule has 2 aliphatic heterocycles. The Balaban J connectivity index is 1.47. The lowest BCUT2D eigenvalue weighted by molar-refractivity contribution is -0.0421. The summed E-state index contributed by atoms with van der Waals surface area (Å²) in [6, 6.07) is 0.778. The highest BCUT2D eigenvalue weighted by molar-refractivity contribution is 5.84. The Hall–Kier alpha value is -1.77. The van der Waals surface area contributed by atoms with Gasteiger partial charge in [-0.15, -0.1) is 0 Å². The Labute approximate surface area is 157 Å². The molecule has 0 spiro atoms. The summed E-state index contributed by atoms with van der Waals surface area (Å²) in [6.07, 6.45) is 8.53. The third-order valence-electron chi connectivity index (χ3n) is 6.96. The molecule has 3 fully saturated rings. The van der Waals surface area contributed by atoms with Crippen molar-refractivity contribution in [3.63, 3.8) is 0 Å². The molecule has 3 aliphatic rings. The molecule has 8 nitrogen and oxygen atoms in total. The van der Waals surface area contributed by atoms with E-state index in [1.54, 1.807) is 6.33 Å². The van der Waals surface area contributed by atoms with Crippen molar-refractivity contribution in [1.82, 2.24) is 19.5 Å². The number of hydrogen-bond donors (Lipinski definition) is 3. The van der Waals surface area contributed by atoms with Crippen molar-refractivity contribution < 1.29 is 15.3 Å². The first kappa shape index (κ1) is 17.3. The highest BCUT2D eigenvalue weighted by Crippen LogP contribution is 2.49.